The molecule has 106 valence electrons. The van der Waals surface area contributed by atoms with Crippen LogP contribution in [0.3, 0.4) is 0 Å². The highest BCUT2D eigenvalue weighted by atomic mass is 35.5. The maximum absolute atomic E-state index is 12.3. The maximum Gasteiger partial charge on any atom is 0.255 e. The highest BCUT2D eigenvalue weighted by Crippen LogP contribution is 2.21. The van der Waals surface area contributed by atoms with Gasteiger partial charge in [0.1, 0.15) is 6.61 Å². The van der Waals surface area contributed by atoms with Gasteiger partial charge < -0.3 is 10.4 Å². The fourth-order valence-electron chi connectivity index (χ4n) is 1.88. The Morgan fingerprint density at radius 1 is 1.29 bits per heavy atom. The molecule has 0 bridgehead atoms. The third-order valence-corrected chi connectivity index (χ3v) is 3.16. The Morgan fingerprint density at radius 3 is 2.76 bits per heavy atom. The Hall–Kier alpha value is -2.28. The third-order valence-electron chi connectivity index (χ3n) is 2.92. The maximum atomic E-state index is 12.3. The molecule has 2 rings (SSSR count). The smallest absolute Gasteiger partial charge is 0.255 e. The van der Waals surface area contributed by atoms with Gasteiger partial charge in [-0.3, -0.25) is 4.79 Å². The molecule has 0 saturated heterocycles. The zero-order valence-corrected chi connectivity index (χ0v) is 12.2. The second-order valence-corrected chi connectivity index (χ2v) is 4.86. The van der Waals surface area contributed by atoms with Gasteiger partial charge >= 0.3 is 0 Å². The van der Waals surface area contributed by atoms with E-state index in [0.717, 1.165) is 5.56 Å². The van der Waals surface area contributed by atoms with Gasteiger partial charge in [-0.25, -0.2) is 0 Å². The minimum absolute atomic E-state index is 0.220. The van der Waals surface area contributed by atoms with Crippen LogP contribution in [0.4, 0.5) is 5.69 Å². The van der Waals surface area contributed by atoms with Crippen molar-refractivity contribution in [3.05, 3.63) is 64.2 Å². The lowest BCUT2D eigenvalue weighted by Crippen LogP contribution is -2.14. The van der Waals surface area contributed by atoms with Crippen molar-refractivity contribution in [2.24, 2.45) is 0 Å². The molecule has 0 radical (unpaired) electrons. The Labute approximate surface area is 128 Å². The van der Waals surface area contributed by atoms with E-state index in [4.69, 9.17) is 16.7 Å². The second-order valence-electron chi connectivity index (χ2n) is 4.42. The lowest BCUT2D eigenvalue weighted by Gasteiger charge is -2.10. The van der Waals surface area contributed by atoms with Crippen LogP contribution < -0.4 is 5.32 Å². The van der Waals surface area contributed by atoms with Gasteiger partial charge in [0.25, 0.3) is 5.91 Å². The average Bonchev–Trinajstić information content (AvgIpc) is 2.47. The summed E-state index contributed by atoms with van der Waals surface area (Å²) >= 11 is 5.96. The van der Waals surface area contributed by atoms with Gasteiger partial charge in [0, 0.05) is 16.1 Å². The number of aliphatic hydroxyl groups is 1. The van der Waals surface area contributed by atoms with E-state index in [0.29, 0.717) is 21.8 Å². The summed E-state index contributed by atoms with van der Waals surface area (Å²) in [4.78, 5) is 12.3. The molecule has 3 nitrogen and oxygen atoms in total. The van der Waals surface area contributed by atoms with Gasteiger partial charge in [0.05, 0.1) is 5.69 Å². The van der Waals surface area contributed by atoms with E-state index in [9.17, 15) is 4.79 Å². The number of nitrogens with one attached hydrogen (secondary N) is 1. The van der Waals surface area contributed by atoms with Crippen LogP contribution in [0.5, 0.6) is 0 Å². The molecular formula is C17H14ClNO2. The van der Waals surface area contributed by atoms with Gasteiger partial charge in [-0.2, -0.15) is 0 Å². The largest absolute Gasteiger partial charge is 0.384 e. The zero-order chi connectivity index (χ0) is 15.2. The summed E-state index contributed by atoms with van der Waals surface area (Å²) in [6.07, 6.45) is 0. The summed E-state index contributed by atoms with van der Waals surface area (Å²) in [5.74, 6) is 5.13. The van der Waals surface area contributed by atoms with Crippen molar-refractivity contribution < 1.29 is 9.90 Å². The van der Waals surface area contributed by atoms with Crippen LogP contribution in [0.25, 0.3) is 0 Å². The van der Waals surface area contributed by atoms with Crippen LogP contribution in [0.2, 0.25) is 5.02 Å². The van der Waals surface area contributed by atoms with Crippen molar-refractivity contribution in [3.8, 4) is 11.8 Å². The molecule has 0 spiro atoms. The molecule has 1 amide bonds. The highest BCUT2D eigenvalue weighted by molar-refractivity contribution is 6.31. The first-order valence-corrected chi connectivity index (χ1v) is 6.76. The molecule has 0 aliphatic rings. The summed E-state index contributed by atoms with van der Waals surface area (Å²) < 4.78 is 0. The number of hydrogen-bond acceptors (Lipinski definition) is 2. The first kappa shape index (κ1) is 15.1. The molecule has 4 heteroatoms. The lowest BCUT2D eigenvalue weighted by molar-refractivity contribution is 0.102. The van der Waals surface area contributed by atoms with E-state index in [2.05, 4.69) is 17.2 Å². The van der Waals surface area contributed by atoms with Gasteiger partial charge in [-0.1, -0.05) is 41.6 Å². The molecule has 0 saturated carbocycles. The van der Waals surface area contributed by atoms with E-state index in [1.807, 2.05) is 25.1 Å². The van der Waals surface area contributed by atoms with E-state index >= 15 is 0 Å². The number of amides is 1. The summed E-state index contributed by atoms with van der Waals surface area (Å²) in [6, 6.07) is 12.4. The van der Waals surface area contributed by atoms with Crippen LogP contribution in [0.1, 0.15) is 21.5 Å². The van der Waals surface area contributed by atoms with Gasteiger partial charge in [-0.15, -0.1) is 0 Å². The van der Waals surface area contributed by atoms with E-state index in [-0.39, 0.29) is 12.5 Å². The number of hydrogen-bond donors (Lipinski definition) is 2. The molecule has 0 fully saturated rings. The molecule has 21 heavy (non-hydrogen) atoms. The monoisotopic (exact) mass is 299 g/mol. The number of aryl methyl sites for hydroxylation is 1. The van der Waals surface area contributed by atoms with Crippen molar-refractivity contribution >= 4 is 23.2 Å². The number of carbonyl (C=O) groups is 1. The Bertz CT molecular complexity index is 729. The van der Waals surface area contributed by atoms with Crippen molar-refractivity contribution in [1.29, 1.82) is 0 Å². The van der Waals surface area contributed by atoms with Crippen molar-refractivity contribution in [1.82, 2.24) is 0 Å². The number of anilines is 1. The second kappa shape index (κ2) is 6.94. The van der Waals surface area contributed by atoms with E-state index < -0.39 is 0 Å². The van der Waals surface area contributed by atoms with Crippen molar-refractivity contribution in [2.45, 2.75) is 6.92 Å². The molecule has 0 unspecified atom stereocenters. The predicted molar refractivity (Wildman–Crippen MR) is 84.5 cm³/mol. The standard InChI is InChI=1S/C17H14ClNO2/c1-12-5-2-3-7-15(12)17(21)19-16-11-14(18)9-8-13(16)6-4-10-20/h2-3,5,7-9,11,20H,10H2,1H3,(H,19,21). The number of rotatable bonds is 2. The quantitative estimate of drug-likeness (QED) is 0.836. The average molecular weight is 300 g/mol. The molecule has 2 aromatic rings. The molecule has 2 N–H and O–H groups in total. The van der Waals surface area contributed by atoms with Crippen LogP contribution in [0, 0.1) is 18.8 Å². The van der Waals surface area contributed by atoms with Crippen LogP contribution >= 0.6 is 11.6 Å². The summed E-state index contributed by atoms with van der Waals surface area (Å²) in [6.45, 7) is 1.63. The summed E-state index contributed by atoms with van der Waals surface area (Å²) in [5, 5.41) is 12.1. The van der Waals surface area contributed by atoms with E-state index in [1.165, 1.54) is 0 Å². The predicted octanol–water partition coefficient (Wildman–Crippen LogP) is 3.24. The number of aliphatic hydroxyl groups excluding tert-OH is 1. The molecule has 0 aliphatic heterocycles. The number of carbonyl (C=O) groups excluding carboxylic acids is 1. The first-order chi connectivity index (χ1) is 10.1. The van der Waals surface area contributed by atoms with Crippen molar-refractivity contribution in [2.75, 3.05) is 11.9 Å². The molecule has 0 atom stereocenters. The van der Waals surface area contributed by atoms with Crippen molar-refractivity contribution in [3.63, 3.8) is 0 Å². The third kappa shape index (κ3) is 3.85. The fraction of sp³-hybridized carbons (Fsp3) is 0.118. The SMILES string of the molecule is Cc1ccccc1C(=O)Nc1cc(Cl)ccc1C#CCO. The van der Waals surface area contributed by atoms with Crippen LogP contribution in [-0.4, -0.2) is 17.6 Å². The lowest BCUT2D eigenvalue weighted by atomic mass is 10.1. The highest BCUT2D eigenvalue weighted by Gasteiger charge is 2.10. The molecule has 0 aliphatic carbocycles. The molecule has 0 heterocycles. The van der Waals surface area contributed by atoms with Gasteiger partial charge in [-0.05, 0) is 36.8 Å². The molecule has 2 aromatic carbocycles. The van der Waals surface area contributed by atoms with Gasteiger partial charge in [0.15, 0.2) is 0 Å². The summed E-state index contributed by atoms with van der Waals surface area (Å²) in [7, 11) is 0. The Balaban J connectivity index is 2.33. The fourth-order valence-corrected chi connectivity index (χ4v) is 2.05. The van der Waals surface area contributed by atoms with Crippen LogP contribution in [0.15, 0.2) is 42.5 Å². The first-order valence-electron chi connectivity index (χ1n) is 6.38. The summed E-state index contributed by atoms with van der Waals surface area (Å²) in [5.41, 5.74) is 2.62. The van der Waals surface area contributed by atoms with Crippen LogP contribution in [-0.2, 0) is 0 Å². The number of benzene rings is 2. The van der Waals surface area contributed by atoms with Gasteiger partial charge in [0.2, 0.25) is 0 Å². The molecule has 0 aromatic heterocycles. The topological polar surface area (TPSA) is 49.3 Å². The number of halogens is 1. The molecular weight excluding hydrogens is 286 g/mol. The Kier molecular flexibility index (Phi) is 4.99. The van der Waals surface area contributed by atoms with E-state index in [1.54, 1.807) is 24.3 Å². The minimum Gasteiger partial charge on any atom is -0.384 e. The Morgan fingerprint density at radius 2 is 2.05 bits per heavy atom. The zero-order valence-electron chi connectivity index (χ0n) is 11.5. The minimum atomic E-state index is -0.242. The normalized spacial score (nSPS) is 9.67.